The molecule has 0 unspecified atom stereocenters. The molecule has 3 rings (SSSR count). The van der Waals surface area contributed by atoms with Gasteiger partial charge in [0.2, 0.25) is 0 Å². The van der Waals surface area contributed by atoms with Crippen molar-refractivity contribution < 1.29 is 13.9 Å². The van der Waals surface area contributed by atoms with Crippen LogP contribution in [-0.4, -0.2) is 17.5 Å². The van der Waals surface area contributed by atoms with E-state index in [4.69, 9.17) is 4.74 Å². The highest BCUT2D eigenvalue weighted by molar-refractivity contribution is 6.02. The van der Waals surface area contributed by atoms with Crippen molar-refractivity contribution in [1.82, 2.24) is 10.3 Å². The van der Waals surface area contributed by atoms with Crippen LogP contribution in [0, 0.1) is 5.82 Å². The normalized spacial score (nSPS) is 10.7. The van der Waals surface area contributed by atoms with Gasteiger partial charge in [0.25, 0.3) is 5.91 Å². The van der Waals surface area contributed by atoms with Gasteiger partial charge in [0, 0.05) is 18.1 Å². The van der Waals surface area contributed by atoms with Crippen molar-refractivity contribution in [2.45, 2.75) is 26.3 Å². The summed E-state index contributed by atoms with van der Waals surface area (Å²) in [6.07, 6.45) is 3.60. The number of carbonyl (C=O) groups is 1. The van der Waals surface area contributed by atoms with Gasteiger partial charge in [-0.05, 0) is 36.2 Å². The average molecular weight is 352 g/mol. The van der Waals surface area contributed by atoms with E-state index in [2.05, 4.69) is 17.2 Å². The molecule has 1 N–H and O–H groups in total. The third-order valence-corrected chi connectivity index (χ3v) is 4.08. The van der Waals surface area contributed by atoms with Crippen molar-refractivity contribution >= 4 is 16.8 Å². The van der Waals surface area contributed by atoms with Crippen molar-refractivity contribution in [2.75, 3.05) is 6.61 Å². The molecule has 4 nitrogen and oxygen atoms in total. The maximum atomic E-state index is 13.0. The fourth-order valence-electron chi connectivity index (χ4n) is 2.64. The Bertz CT molecular complexity index is 894. The molecule has 0 aliphatic carbocycles. The van der Waals surface area contributed by atoms with Gasteiger partial charge in [-0.1, -0.05) is 37.6 Å². The average Bonchev–Trinajstić information content (AvgIpc) is 2.67. The predicted octanol–water partition coefficient (Wildman–Crippen LogP) is 4.48. The lowest BCUT2D eigenvalue weighted by Crippen LogP contribution is -2.23. The Morgan fingerprint density at radius 3 is 2.73 bits per heavy atom. The van der Waals surface area contributed by atoms with Crippen LogP contribution in [-0.2, 0) is 6.54 Å². The van der Waals surface area contributed by atoms with Crippen LogP contribution in [0.25, 0.3) is 10.9 Å². The first kappa shape index (κ1) is 17.9. The van der Waals surface area contributed by atoms with Crippen LogP contribution in [0.4, 0.5) is 4.39 Å². The Labute approximate surface area is 152 Å². The molecule has 0 saturated heterocycles. The molecular weight excluding hydrogens is 331 g/mol. The quantitative estimate of drug-likeness (QED) is 0.638. The van der Waals surface area contributed by atoms with Gasteiger partial charge in [0.15, 0.2) is 5.75 Å². The Morgan fingerprint density at radius 1 is 1.15 bits per heavy atom. The second-order valence-corrected chi connectivity index (χ2v) is 6.03. The zero-order chi connectivity index (χ0) is 18.4. The van der Waals surface area contributed by atoms with Crippen LogP contribution >= 0.6 is 0 Å². The molecule has 26 heavy (non-hydrogen) atoms. The van der Waals surface area contributed by atoms with Gasteiger partial charge in [-0.25, -0.2) is 4.39 Å². The molecule has 5 heteroatoms. The number of benzene rings is 2. The highest BCUT2D eigenvalue weighted by Gasteiger charge is 2.16. The van der Waals surface area contributed by atoms with Gasteiger partial charge in [-0.3, -0.25) is 9.78 Å². The van der Waals surface area contributed by atoms with E-state index in [1.165, 1.54) is 12.1 Å². The van der Waals surface area contributed by atoms with E-state index in [1.807, 2.05) is 18.2 Å². The molecule has 3 aromatic rings. The molecule has 0 fully saturated rings. The molecule has 0 aliphatic rings. The molecular formula is C21H21FN2O2. The van der Waals surface area contributed by atoms with E-state index >= 15 is 0 Å². The molecule has 0 aliphatic heterocycles. The van der Waals surface area contributed by atoms with E-state index in [0.717, 1.165) is 23.8 Å². The Balaban J connectivity index is 1.83. The topological polar surface area (TPSA) is 51.2 Å². The number of aromatic nitrogens is 1. The third kappa shape index (κ3) is 4.17. The summed E-state index contributed by atoms with van der Waals surface area (Å²) in [7, 11) is 0. The molecule has 134 valence electrons. The molecule has 2 aromatic carbocycles. The minimum absolute atomic E-state index is 0.242. The standard InChI is InChI=1S/C21H21FN2O2/c1-2-3-13-26-20-18(11-8-16-5-4-12-23-19(16)20)21(25)24-14-15-6-9-17(22)10-7-15/h4-12H,2-3,13-14H2,1H3,(H,24,25). The second-order valence-electron chi connectivity index (χ2n) is 6.03. The molecule has 0 radical (unpaired) electrons. The maximum Gasteiger partial charge on any atom is 0.255 e. The maximum absolute atomic E-state index is 13.0. The highest BCUT2D eigenvalue weighted by atomic mass is 19.1. The van der Waals surface area contributed by atoms with Gasteiger partial charge >= 0.3 is 0 Å². The lowest BCUT2D eigenvalue weighted by atomic mass is 10.1. The number of unbranched alkanes of at least 4 members (excludes halogenated alkanes) is 1. The second kappa shape index (κ2) is 8.43. The first-order chi connectivity index (χ1) is 12.7. The lowest BCUT2D eigenvalue weighted by molar-refractivity contribution is 0.0947. The lowest BCUT2D eigenvalue weighted by Gasteiger charge is -2.14. The first-order valence-corrected chi connectivity index (χ1v) is 8.72. The van der Waals surface area contributed by atoms with E-state index < -0.39 is 0 Å². The zero-order valence-corrected chi connectivity index (χ0v) is 14.7. The molecule has 1 heterocycles. The number of ether oxygens (including phenoxy) is 1. The summed E-state index contributed by atoms with van der Waals surface area (Å²) >= 11 is 0. The molecule has 1 amide bonds. The number of amides is 1. The number of hydrogen-bond donors (Lipinski definition) is 1. The predicted molar refractivity (Wildman–Crippen MR) is 99.7 cm³/mol. The number of fused-ring (bicyclic) bond motifs is 1. The molecule has 0 bridgehead atoms. The fourth-order valence-corrected chi connectivity index (χ4v) is 2.64. The summed E-state index contributed by atoms with van der Waals surface area (Å²) in [5.41, 5.74) is 1.96. The Kier molecular flexibility index (Phi) is 5.79. The minimum atomic E-state index is -0.299. The smallest absolute Gasteiger partial charge is 0.255 e. The van der Waals surface area contributed by atoms with E-state index in [1.54, 1.807) is 24.4 Å². The van der Waals surface area contributed by atoms with Crippen molar-refractivity contribution in [3.63, 3.8) is 0 Å². The number of pyridine rings is 1. The van der Waals surface area contributed by atoms with Crippen molar-refractivity contribution in [3.8, 4) is 5.75 Å². The summed E-state index contributed by atoms with van der Waals surface area (Å²) < 4.78 is 18.9. The van der Waals surface area contributed by atoms with E-state index in [9.17, 15) is 9.18 Å². The monoisotopic (exact) mass is 352 g/mol. The SMILES string of the molecule is CCCCOc1c(C(=O)NCc2ccc(F)cc2)ccc2cccnc12. The van der Waals surface area contributed by atoms with Crippen molar-refractivity contribution in [2.24, 2.45) is 0 Å². The molecule has 0 spiro atoms. The fraction of sp³-hybridized carbons (Fsp3) is 0.238. The number of hydrogen-bond acceptors (Lipinski definition) is 3. The number of nitrogens with one attached hydrogen (secondary N) is 1. The van der Waals surface area contributed by atoms with E-state index in [-0.39, 0.29) is 11.7 Å². The van der Waals surface area contributed by atoms with Crippen LogP contribution in [0.2, 0.25) is 0 Å². The minimum Gasteiger partial charge on any atom is -0.490 e. The highest BCUT2D eigenvalue weighted by Crippen LogP contribution is 2.28. The Morgan fingerprint density at radius 2 is 1.96 bits per heavy atom. The van der Waals surface area contributed by atoms with Crippen molar-refractivity contribution in [3.05, 3.63) is 71.7 Å². The van der Waals surface area contributed by atoms with Gasteiger partial charge < -0.3 is 10.1 Å². The third-order valence-electron chi connectivity index (χ3n) is 4.08. The summed E-state index contributed by atoms with van der Waals surface area (Å²) in [6, 6.07) is 13.5. The van der Waals surface area contributed by atoms with Crippen LogP contribution < -0.4 is 10.1 Å². The molecule has 0 atom stereocenters. The number of rotatable bonds is 7. The molecule has 1 aromatic heterocycles. The summed E-state index contributed by atoms with van der Waals surface area (Å²) in [4.78, 5) is 17.1. The molecule has 0 saturated carbocycles. The Hall–Kier alpha value is -2.95. The van der Waals surface area contributed by atoms with Crippen LogP contribution in [0.15, 0.2) is 54.7 Å². The van der Waals surface area contributed by atoms with E-state index in [0.29, 0.717) is 30.0 Å². The number of carbonyl (C=O) groups excluding carboxylic acids is 1. The van der Waals surface area contributed by atoms with Crippen LogP contribution in [0.1, 0.15) is 35.7 Å². The van der Waals surface area contributed by atoms with Gasteiger partial charge in [0.05, 0.1) is 12.2 Å². The van der Waals surface area contributed by atoms with Gasteiger partial charge in [0.1, 0.15) is 11.3 Å². The van der Waals surface area contributed by atoms with Crippen LogP contribution in [0.5, 0.6) is 5.75 Å². The zero-order valence-electron chi connectivity index (χ0n) is 14.7. The number of halogens is 1. The van der Waals surface area contributed by atoms with Crippen LogP contribution in [0.3, 0.4) is 0 Å². The summed E-state index contributed by atoms with van der Waals surface area (Å²) in [5.74, 6) is -0.0335. The first-order valence-electron chi connectivity index (χ1n) is 8.72. The summed E-state index contributed by atoms with van der Waals surface area (Å²) in [5, 5.41) is 3.79. The van der Waals surface area contributed by atoms with Gasteiger partial charge in [-0.2, -0.15) is 0 Å². The largest absolute Gasteiger partial charge is 0.490 e. The van der Waals surface area contributed by atoms with Crippen molar-refractivity contribution in [1.29, 1.82) is 0 Å². The number of nitrogens with zero attached hydrogens (tertiary/aromatic N) is 1. The van der Waals surface area contributed by atoms with Gasteiger partial charge in [-0.15, -0.1) is 0 Å². The summed E-state index contributed by atoms with van der Waals surface area (Å²) in [6.45, 7) is 2.93.